The molecule has 5 aliphatic rings. The first kappa shape index (κ1) is 29.3. The lowest BCUT2D eigenvalue weighted by Gasteiger charge is -2.22. The van der Waals surface area contributed by atoms with Crippen LogP contribution in [0.25, 0.3) is 10.9 Å². The summed E-state index contributed by atoms with van der Waals surface area (Å²) in [5, 5.41) is 7.23. The number of aromatic nitrogens is 1. The molecule has 6 heterocycles. The molecule has 10 heteroatoms. The number of benzene rings is 3. The number of carbonyl (C=O) groups excluding carboxylic acids is 2. The van der Waals surface area contributed by atoms with Gasteiger partial charge >= 0.3 is 0 Å². The second kappa shape index (κ2) is 13.2. The molecule has 0 radical (unpaired) electrons. The van der Waals surface area contributed by atoms with Gasteiger partial charge in [0.15, 0.2) is 18.1 Å². The Bertz CT molecular complexity index is 1660. The minimum absolute atomic E-state index is 0.0754. The Balaban J connectivity index is 1.27. The van der Waals surface area contributed by atoms with Crippen molar-refractivity contribution in [1.82, 2.24) is 20.5 Å². The van der Waals surface area contributed by atoms with Gasteiger partial charge in [0.1, 0.15) is 17.6 Å². The number of methoxy groups -OCH3 is 2. The first-order valence-corrected chi connectivity index (χ1v) is 14.7. The Morgan fingerprint density at radius 3 is 2.66 bits per heavy atom. The molecule has 228 valence electrons. The van der Waals surface area contributed by atoms with Crippen molar-refractivity contribution in [3.8, 4) is 23.0 Å². The van der Waals surface area contributed by atoms with E-state index in [-0.39, 0.29) is 30.6 Å². The smallest absolute Gasteiger partial charge is 0.258 e. The Labute approximate surface area is 256 Å². The number of carbonyl (C=O) groups is 2. The van der Waals surface area contributed by atoms with Crippen LogP contribution in [0.4, 0.5) is 0 Å². The lowest BCUT2D eigenvalue weighted by Crippen LogP contribution is -2.46. The van der Waals surface area contributed by atoms with Crippen LogP contribution in [-0.2, 0) is 29.1 Å². The van der Waals surface area contributed by atoms with E-state index in [1.54, 1.807) is 20.3 Å². The summed E-state index contributed by atoms with van der Waals surface area (Å²) in [6, 6.07) is 20.9. The second-order valence-corrected chi connectivity index (χ2v) is 11.0. The molecule has 10 nitrogen and oxygen atoms in total. The summed E-state index contributed by atoms with van der Waals surface area (Å²) in [7, 11) is 3.15. The zero-order valence-corrected chi connectivity index (χ0v) is 24.9. The number of aryl methyl sites for hydroxylation is 1. The number of nitrogens with one attached hydrogen (secondary N) is 2. The molecule has 44 heavy (non-hydrogen) atoms. The molecule has 1 fully saturated rings. The highest BCUT2D eigenvalue weighted by Gasteiger charge is 2.36. The molecule has 0 saturated carbocycles. The molecule has 5 aliphatic heterocycles. The normalized spacial score (nSPS) is 19.4. The average Bonchev–Trinajstić information content (AvgIpc) is 3.41. The highest BCUT2D eigenvalue weighted by molar-refractivity contribution is 5.82. The van der Waals surface area contributed by atoms with E-state index in [2.05, 4.69) is 26.6 Å². The average molecular weight is 597 g/mol. The topological polar surface area (TPSA) is 111 Å². The molecule has 4 bridgehead atoms. The van der Waals surface area contributed by atoms with Crippen LogP contribution >= 0.6 is 0 Å². The summed E-state index contributed by atoms with van der Waals surface area (Å²) in [4.78, 5) is 32.6. The minimum atomic E-state index is -0.332. The number of hydrogen-bond donors (Lipinski definition) is 2. The summed E-state index contributed by atoms with van der Waals surface area (Å²) in [5.74, 6) is 1.87. The van der Waals surface area contributed by atoms with Crippen molar-refractivity contribution >= 4 is 22.7 Å². The van der Waals surface area contributed by atoms with Crippen molar-refractivity contribution in [2.24, 2.45) is 0 Å². The van der Waals surface area contributed by atoms with Crippen LogP contribution in [0.15, 0.2) is 72.9 Å². The van der Waals surface area contributed by atoms with Crippen molar-refractivity contribution in [3.05, 3.63) is 89.6 Å². The molecule has 2 N–H and O–H groups in total. The Morgan fingerprint density at radius 2 is 1.80 bits per heavy atom. The summed E-state index contributed by atoms with van der Waals surface area (Å²) in [5.41, 5.74) is 3.87. The molecule has 3 aromatic carbocycles. The monoisotopic (exact) mass is 596 g/mol. The van der Waals surface area contributed by atoms with Crippen LogP contribution in [0.2, 0.25) is 0 Å². The van der Waals surface area contributed by atoms with Gasteiger partial charge in [-0.2, -0.15) is 0 Å². The number of para-hydroxylation sites is 1. The van der Waals surface area contributed by atoms with E-state index in [4.69, 9.17) is 18.9 Å². The predicted octanol–water partition coefficient (Wildman–Crippen LogP) is 3.64. The summed E-state index contributed by atoms with van der Waals surface area (Å²) < 4.78 is 23.5. The number of ether oxygens (including phenoxy) is 4. The Kier molecular flexibility index (Phi) is 8.79. The van der Waals surface area contributed by atoms with E-state index in [0.717, 1.165) is 27.6 Å². The molecule has 4 aromatic rings. The van der Waals surface area contributed by atoms with Gasteiger partial charge in [-0.05, 0) is 53.9 Å². The number of likely N-dealkylation sites (tertiary alicyclic amines) is 1. The van der Waals surface area contributed by atoms with Gasteiger partial charge in [-0.1, -0.05) is 24.3 Å². The maximum absolute atomic E-state index is 13.2. The van der Waals surface area contributed by atoms with Crippen LogP contribution < -0.4 is 29.6 Å². The van der Waals surface area contributed by atoms with Gasteiger partial charge in [0.05, 0.1) is 25.8 Å². The zero-order valence-electron chi connectivity index (χ0n) is 24.9. The lowest BCUT2D eigenvalue weighted by atomic mass is 10.1. The van der Waals surface area contributed by atoms with E-state index in [1.165, 1.54) is 0 Å². The van der Waals surface area contributed by atoms with Crippen molar-refractivity contribution in [2.75, 3.05) is 33.9 Å². The van der Waals surface area contributed by atoms with Gasteiger partial charge in [-0.25, -0.2) is 0 Å². The van der Waals surface area contributed by atoms with Crippen LogP contribution in [-0.4, -0.2) is 67.8 Å². The SMILES string of the molecule is COc1cc2ccc1CNC(=O)CCc1ccc(c(OC)c1)OCC(=O)N[C@@H]1CN(Cc3ccnc4ccccc34)C[C@H]1O2. The number of fused-ring (bicyclic) bond motifs is 1. The van der Waals surface area contributed by atoms with Crippen molar-refractivity contribution in [3.63, 3.8) is 0 Å². The molecule has 0 aliphatic carbocycles. The summed E-state index contributed by atoms with van der Waals surface area (Å²) in [6.07, 6.45) is 2.34. The standard InChI is InChI=1S/C34H36N4O6/c1-41-30-16-25-10-9-23(30)17-36-33(39)12-8-22-7-11-29(31(15-22)42-2)43-21-34(40)37-28-19-38(20-32(28)44-25)18-24-13-14-35-27-6-4-3-5-26(24)27/h3-7,9-11,13-16,28,32H,8,12,17-21H2,1-2H3,(H,36,39)(H,37,40)/t28-,32-/m1/s1. The van der Waals surface area contributed by atoms with E-state index >= 15 is 0 Å². The molecular formula is C34H36N4O6. The highest BCUT2D eigenvalue weighted by Crippen LogP contribution is 2.30. The highest BCUT2D eigenvalue weighted by atomic mass is 16.5. The van der Waals surface area contributed by atoms with Gasteiger partial charge < -0.3 is 29.6 Å². The molecule has 2 amide bonds. The fraction of sp³-hybridized carbons (Fsp3) is 0.324. The number of hydrogen-bond acceptors (Lipinski definition) is 8. The largest absolute Gasteiger partial charge is 0.496 e. The van der Waals surface area contributed by atoms with E-state index in [0.29, 0.717) is 62.0 Å². The zero-order chi connectivity index (χ0) is 30.5. The quantitative estimate of drug-likeness (QED) is 0.368. The predicted molar refractivity (Wildman–Crippen MR) is 165 cm³/mol. The maximum Gasteiger partial charge on any atom is 0.258 e. The Morgan fingerprint density at radius 1 is 0.932 bits per heavy atom. The number of rotatable bonds is 4. The van der Waals surface area contributed by atoms with Crippen molar-refractivity contribution in [2.45, 2.75) is 38.1 Å². The Hall–Kier alpha value is -4.83. The number of amides is 2. The first-order valence-electron chi connectivity index (χ1n) is 14.7. The van der Waals surface area contributed by atoms with Crippen LogP contribution in [0.1, 0.15) is 23.1 Å². The minimum Gasteiger partial charge on any atom is -0.496 e. The van der Waals surface area contributed by atoms with Crippen LogP contribution in [0.3, 0.4) is 0 Å². The van der Waals surface area contributed by atoms with Crippen molar-refractivity contribution in [1.29, 1.82) is 0 Å². The van der Waals surface area contributed by atoms with Gasteiger partial charge in [0.2, 0.25) is 5.91 Å². The van der Waals surface area contributed by atoms with Gasteiger partial charge in [0.25, 0.3) is 5.91 Å². The third kappa shape index (κ3) is 6.70. The third-order valence-electron chi connectivity index (χ3n) is 8.07. The van der Waals surface area contributed by atoms with Gasteiger partial charge in [0, 0.05) is 55.8 Å². The van der Waals surface area contributed by atoms with Gasteiger partial charge in [-0.3, -0.25) is 19.5 Å². The van der Waals surface area contributed by atoms with Crippen LogP contribution in [0.5, 0.6) is 23.0 Å². The van der Waals surface area contributed by atoms with E-state index in [9.17, 15) is 9.59 Å². The summed E-state index contributed by atoms with van der Waals surface area (Å²) >= 11 is 0. The second-order valence-electron chi connectivity index (χ2n) is 11.0. The fourth-order valence-corrected chi connectivity index (χ4v) is 5.81. The molecule has 0 unspecified atom stereocenters. The molecule has 0 spiro atoms. The van der Waals surface area contributed by atoms with E-state index < -0.39 is 0 Å². The number of nitrogens with zero attached hydrogens (tertiary/aromatic N) is 2. The first-order chi connectivity index (χ1) is 21.5. The molecular weight excluding hydrogens is 560 g/mol. The molecule has 1 saturated heterocycles. The fourth-order valence-electron chi connectivity index (χ4n) is 5.81. The molecule has 9 rings (SSSR count). The van der Waals surface area contributed by atoms with Crippen LogP contribution in [0, 0.1) is 0 Å². The van der Waals surface area contributed by atoms with Gasteiger partial charge in [-0.15, -0.1) is 0 Å². The number of pyridine rings is 1. The van der Waals surface area contributed by atoms with E-state index in [1.807, 2.05) is 60.8 Å². The maximum atomic E-state index is 13.2. The lowest BCUT2D eigenvalue weighted by molar-refractivity contribution is -0.124. The molecule has 2 atom stereocenters. The summed E-state index contributed by atoms with van der Waals surface area (Å²) in [6.45, 7) is 2.01. The third-order valence-corrected chi connectivity index (χ3v) is 8.07. The van der Waals surface area contributed by atoms with Crippen molar-refractivity contribution < 1.29 is 28.5 Å². The molecule has 1 aromatic heterocycles.